The van der Waals surface area contributed by atoms with Crippen molar-refractivity contribution >= 4 is 50.9 Å². The van der Waals surface area contributed by atoms with Gasteiger partial charge in [0.1, 0.15) is 0 Å². The van der Waals surface area contributed by atoms with Gasteiger partial charge in [-0.15, -0.1) is 0 Å². The minimum absolute atomic E-state index is 0.108. The number of pyridine rings is 2. The highest BCUT2D eigenvalue weighted by Crippen LogP contribution is 2.62. The standard InChI is InChI=1S/C44H52N2Si3/c1-44(2,3)49(39-23-17-12-18-24-39)42(35-25-27-37(45-29-35)31-47(4,5)6)40(33-19-13-10-14-20-33)41(34-21-15-11-16-22-34)43(49)36-26-28-38(46-30-36)32-48(7,8)9/h10-30H,31-32H2,1-9H3. The van der Waals surface area contributed by atoms with Gasteiger partial charge in [0.05, 0.1) is 16.1 Å². The third-order valence-electron chi connectivity index (χ3n) is 9.61. The van der Waals surface area contributed by atoms with Gasteiger partial charge in [-0.3, -0.25) is 9.97 Å². The van der Waals surface area contributed by atoms with E-state index in [0.29, 0.717) is 0 Å². The second kappa shape index (κ2) is 13.4. The van der Waals surface area contributed by atoms with E-state index in [4.69, 9.17) is 9.97 Å². The maximum Gasteiger partial charge on any atom is 0.156 e. The van der Waals surface area contributed by atoms with Gasteiger partial charge < -0.3 is 0 Å². The summed E-state index contributed by atoms with van der Waals surface area (Å²) in [6, 6.07) is 45.2. The molecule has 0 fully saturated rings. The zero-order valence-electron chi connectivity index (χ0n) is 30.9. The Balaban J connectivity index is 1.78. The third-order valence-corrected chi connectivity index (χ3v) is 18.5. The summed E-state index contributed by atoms with van der Waals surface area (Å²) in [5.41, 5.74) is 10.0. The summed E-state index contributed by atoms with van der Waals surface area (Å²) in [4.78, 5) is 10.4. The first-order chi connectivity index (χ1) is 23.2. The molecule has 0 saturated carbocycles. The molecule has 0 amide bonds. The van der Waals surface area contributed by atoms with Gasteiger partial charge in [0.2, 0.25) is 0 Å². The van der Waals surface area contributed by atoms with Crippen LogP contribution in [0.2, 0.25) is 44.3 Å². The molecule has 3 heterocycles. The molecule has 0 saturated heterocycles. The van der Waals surface area contributed by atoms with Crippen LogP contribution in [0.4, 0.5) is 0 Å². The van der Waals surface area contributed by atoms with Crippen LogP contribution in [0.15, 0.2) is 128 Å². The summed E-state index contributed by atoms with van der Waals surface area (Å²) in [7, 11) is -5.54. The zero-order valence-corrected chi connectivity index (χ0v) is 33.9. The average Bonchev–Trinajstić information content (AvgIpc) is 3.39. The molecule has 0 aliphatic carbocycles. The Morgan fingerprint density at radius 2 is 0.837 bits per heavy atom. The number of aromatic nitrogens is 2. The first-order valence-corrected chi connectivity index (χ1v) is 27.2. The SMILES string of the molecule is CC(C)(C)[Si]1(c2ccccc2)C(c2ccc(C[Si](C)(C)C)nc2)=C(c2ccccc2)C(c2ccccc2)=C1c1ccc(C[Si](C)(C)C)nc1. The number of hydrogen-bond acceptors (Lipinski definition) is 2. The van der Waals surface area contributed by atoms with E-state index in [9.17, 15) is 0 Å². The van der Waals surface area contributed by atoms with E-state index in [2.05, 4.69) is 188 Å². The Kier molecular flexibility index (Phi) is 9.57. The Morgan fingerprint density at radius 1 is 0.469 bits per heavy atom. The van der Waals surface area contributed by atoms with Crippen LogP contribution in [0.5, 0.6) is 0 Å². The Morgan fingerprint density at radius 3 is 1.14 bits per heavy atom. The molecule has 1 aliphatic heterocycles. The van der Waals surface area contributed by atoms with Gasteiger partial charge in [-0.05, 0) is 78.2 Å². The van der Waals surface area contributed by atoms with Crippen LogP contribution in [0, 0.1) is 0 Å². The average molecular weight is 693 g/mol. The molecule has 2 aromatic heterocycles. The molecule has 2 nitrogen and oxygen atoms in total. The Labute approximate surface area is 298 Å². The molecular formula is C44H52N2Si3. The molecule has 3 aromatic carbocycles. The minimum Gasteiger partial charge on any atom is -0.261 e. The van der Waals surface area contributed by atoms with Gasteiger partial charge in [0.25, 0.3) is 0 Å². The molecule has 1 aliphatic rings. The zero-order chi connectivity index (χ0) is 35.0. The van der Waals surface area contributed by atoms with Crippen LogP contribution in [-0.2, 0) is 12.1 Å². The normalized spacial score (nSPS) is 15.2. The van der Waals surface area contributed by atoms with Crippen LogP contribution in [-0.4, -0.2) is 34.2 Å². The van der Waals surface area contributed by atoms with Gasteiger partial charge in [0, 0.05) is 23.8 Å². The third kappa shape index (κ3) is 7.07. The molecule has 250 valence electrons. The summed E-state index contributed by atoms with van der Waals surface area (Å²) in [5, 5.41) is 4.21. The van der Waals surface area contributed by atoms with Gasteiger partial charge in [-0.25, -0.2) is 0 Å². The molecule has 5 heteroatoms. The predicted octanol–water partition coefficient (Wildman–Crippen LogP) is 11.1. The molecular weight excluding hydrogens is 641 g/mol. The Bertz CT molecular complexity index is 1840. The van der Waals surface area contributed by atoms with Crippen LogP contribution < -0.4 is 5.19 Å². The molecule has 6 rings (SSSR count). The first-order valence-electron chi connectivity index (χ1n) is 17.8. The van der Waals surface area contributed by atoms with Gasteiger partial charge >= 0.3 is 0 Å². The quantitative estimate of drug-likeness (QED) is 0.144. The lowest BCUT2D eigenvalue weighted by Gasteiger charge is -2.45. The lowest BCUT2D eigenvalue weighted by Crippen LogP contribution is -2.56. The predicted molar refractivity (Wildman–Crippen MR) is 221 cm³/mol. The monoisotopic (exact) mass is 692 g/mol. The molecule has 49 heavy (non-hydrogen) atoms. The number of allylic oxidation sites excluding steroid dienone is 2. The maximum atomic E-state index is 5.22. The highest BCUT2D eigenvalue weighted by atomic mass is 28.3. The van der Waals surface area contributed by atoms with E-state index in [1.165, 1.54) is 60.4 Å². The van der Waals surface area contributed by atoms with E-state index < -0.39 is 24.2 Å². The molecule has 0 radical (unpaired) electrons. The fraction of sp³-hybridized carbons (Fsp3) is 0.273. The summed E-state index contributed by atoms with van der Waals surface area (Å²) in [6.07, 6.45) is 4.40. The molecule has 0 spiro atoms. The highest BCUT2D eigenvalue weighted by molar-refractivity contribution is 7.23. The van der Waals surface area contributed by atoms with E-state index in [1.807, 2.05) is 0 Å². The van der Waals surface area contributed by atoms with Crippen molar-refractivity contribution in [2.45, 2.75) is 77.2 Å². The van der Waals surface area contributed by atoms with Crippen LogP contribution in [0.1, 0.15) is 54.4 Å². The number of benzene rings is 3. The van der Waals surface area contributed by atoms with Crippen molar-refractivity contribution in [2.24, 2.45) is 0 Å². The first kappa shape index (κ1) is 34.9. The van der Waals surface area contributed by atoms with E-state index in [1.54, 1.807) is 0 Å². The van der Waals surface area contributed by atoms with Crippen molar-refractivity contribution in [1.29, 1.82) is 0 Å². The smallest absolute Gasteiger partial charge is 0.156 e. The van der Waals surface area contributed by atoms with Crippen molar-refractivity contribution < 1.29 is 0 Å². The fourth-order valence-electron chi connectivity index (χ4n) is 7.86. The van der Waals surface area contributed by atoms with E-state index in [0.717, 1.165) is 12.1 Å². The highest BCUT2D eigenvalue weighted by Gasteiger charge is 2.58. The van der Waals surface area contributed by atoms with Crippen LogP contribution in [0.25, 0.3) is 21.5 Å². The second-order valence-electron chi connectivity index (χ2n) is 17.1. The van der Waals surface area contributed by atoms with Crippen molar-refractivity contribution in [1.82, 2.24) is 9.97 Å². The topological polar surface area (TPSA) is 25.8 Å². The van der Waals surface area contributed by atoms with Crippen molar-refractivity contribution in [3.05, 3.63) is 161 Å². The summed E-state index contributed by atoms with van der Waals surface area (Å²) >= 11 is 0. The van der Waals surface area contributed by atoms with Crippen LogP contribution >= 0.6 is 0 Å². The molecule has 0 N–H and O–H groups in total. The number of rotatable bonds is 9. The molecule has 0 unspecified atom stereocenters. The van der Waals surface area contributed by atoms with Crippen molar-refractivity contribution in [3.63, 3.8) is 0 Å². The van der Waals surface area contributed by atoms with Gasteiger partial charge in [-0.2, -0.15) is 0 Å². The van der Waals surface area contributed by atoms with Crippen LogP contribution in [0.3, 0.4) is 0 Å². The van der Waals surface area contributed by atoms with E-state index in [-0.39, 0.29) is 5.04 Å². The number of nitrogens with zero attached hydrogens (tertiary/aromatic N) is 2. The largest absolute Gasteiger partial charge is 0.261 e. The maximum absolute atomic E-state index is 5.22. The summed E-state index contributed by atoms with van der Waals surface area (Å²) < 4.78 is 0. The van der Waals surface area contributed by atoms with Gasteiger partial charge in [-0.1, -0.05) is 163 Å². The number of hydrogen-bond donors (Lipinski definition) is 0. The van der Waals surface area contributed by atoms with Crippen molar-refractivity contribution in [2.75, 3.05) is 0 Å². The Hall–Kier alpha value is -3.91. The molecule has 0 atom stereocenters. The van der Waals surface area contributed by atoms with E-state index >= 15 is 0 Å². The fourth-order valence-corrected chi connectivity index (χ4v) is 16.8. The second-order valence-corrected chi connectivity index (χ2v) is 32.7. The molecule has 5 aromatic rings. The summed E-state index contributed by atoms with van der Waals surface area (Å²) in [5.74, 6) is 0. The minimum atomic E-state index is -2.87. The van der Waals surface area contributed by atoms with Crippen molar-refractivity contribution in [3.8, 4) is 0 Å². The molecule has 0 bridgehead atoms. The lowest BCUT2D eigenvalue weighted by molar-refractivity contribution is 0.741. The lowest BCUT2D eigenvalue weighted by atomic mass is 9.89. The summed E-state index contributed by atoms with van der Waals surface area (Å²) in [6.45, 7) is 22.0. The van der Waals surface area contributed by atoms with Gasteiger partial charge in [0.15, 0.2) is 8.07 Å².